The largest absolute Gasteiger partial charge is 0.377 e. The van der Waals surface area contributed by atoms with E-state index in [0.29, 0.717) is 6.42 Å². The molecule has 0 saturated heterocycles. The minimum atomic E-state index is -3.69. The van der Waals surface area contributed by atoms with Crippen LogP contribution in [0.1, 0.15) is 23.6 Å². The van der Waals surface area contributed by atoms with E-state index in [1.165, 1.54) is 23.8 Å². The van der Waals surface area contributed by atoms with Crippen molar-refractivity contribution < 1.29 is 13.3 Å². The molecule has 1 unspecified atom stereocenters. The third kappa shape index (κ3) is 4.57. The van der Waals surface area contributed by atoms with Gasteiger partial charge in [-0.05, 0) is 50.5 Å². The molecule has 2 aromatic carbocycles. The number of rotatable bonds is 6. The Balaban J connectivity index is 2.32. The number of nitrogens with zero attached hydrogens (tertiary/aromatic N) is 1. The number of sulfone groups is 1. The minimum absolute atomic E-state index is 0.102. The van der Waals surface area contributed by atoms with Crippen molar-refractivity contribution in [1.29, 1.82) is 0 Å². The summed E-state index contributed by atoms with van der Waals surface area (Å²) in [5.41, 5.74) is 3.29. The SMILES string of the molecule is Cc1ccc(CC(C)Nc2cccc(S(C)(=O)=O)c2[N+](=O)[O-])c(C)c1. The van der Waals surface area contributed by atoms with Gasteiger partial charge in [-0.3, -0.25) is 10.1 Å². The molecule has 0 amide bonds. The van der Waals surface area contributed by atoms with Gasteiger partial charge in [0, 0.05) is 12.3 Å². The van der Waals surface area contributed by atoms with Crippen LogP contribution in [0.2, 0.25) is 0 Å². The third-order valence-electron chi connectivity index (χ3n) is 4.01. The summed E-state index contributed by atoms with van der Waals surface area (Å²) in [5.74, 6) is 0. The number of nitrogens with one attached hydrogen (secondary N) is 1. The summed E-state index contributed by atoms with van der Waals surface area (Å²) >= 11 is 0. The van der Waals surface area contributed by atoms with E-state index >= 15 is 0 Å². The zero-order valence-electron chi connectivity index (χ0n) is 14.7. The van der Waals surface area contributed by atoms with Crippen LogP contribution >= 0.6 is 0 Å². The second-order valence-corrected chi connectivity index (χ2v) is 8.35. The predicted octanol–water partition coefficient (Wildman–Crippen LogP) is 3.66. The monoisotopic (exact) mass is 362 g/mol. The van der Waals surface area contributed by atoms with E-state index in [9.17, 15) is 18.5 Å². The van der Waals surface area contributed by atoms with Crippen LogP contribution in [0.15, 0.2) is 41.3 Å². The first-order chi connectivity index (χ1) is 11.6. The van der Waals surface area contributed by atoms with Gasteiger partial charge in [0.1, 0.15) is 10.6 Å². The lowest BCUT2D eigenvalue weighted by molar-refractivity contribution is -0.386. The van der Waals surface area contributed by atoms with Gasteiger partial charge in [0.25, 0.3) is 0 Å². The third-order valence-corrected chi connectivity index (χ3v) is 5.14. The van der Waals surface area contributed by atoms with Crippen molar-refractivity contribution in [2.45, 2.75) is 38.1 Å². The summed E-state index contributed by atoms with van der Waals surface area (Å²) in [6.07, 6.45) is 1.64. The van der Waals surface area contributed by atoms with E-state index < -0.39 is 20.4 Å². The first-order valence-electron chi connectivity index (χ1n) is 7.89. The number of nitro benzene ring substituents is 1. The molecule has 0 radical (unpaired) electrons. The summed E-state index contributed by atoms with van der Waals surface area (Å²) < 4.78 is 23.7. The molecule has 0 heterocycles. The molecule has 0 aliphatic rings. The van der Waals surface area contributed by atoms with Crippen molar-refractivity contribution in [2.24, 2.45) is 0 Å². The Morgan fingerprint density at radius 3 is 2.44 bits per heavy atom. The van der Waals surface area contributed by atoms with Gasteiger partial charge in [-0.2, -0.15) is 0 Å². The maximum Gasteiger partial charge on any atom is 0.310 e. The molecule has 0 fully saturated rings. The number of anilines is 1. The highest BCUT2D eigenvalue weighted by Gasteiger charge is 2.26. The highest BCUT2D eigenvalue weighted by atomic mass is 32.2. The van der Waals surface area contributed by atoms with Gasteiger partial charge in [-0.25, -0.2) is 8.42 Å². The van der Waals surface area contributed by atoms with Gasteiger partial charge < -0.3 is 5.32 Å². The Morgan fingerprint density at radius 2 is 1.88 bits per heavy atom. The lowest BCUT2D eigenvalue weighted by atomic mass is 10.00. The fourth-order valence-electron chi connectivity index (χ4n) is 2.85. The van der Waals surface area contributed by atoms with E-state index in [4.69, 9.17) is 0 Å². The van der Waals surface area contributed by atoms with Crippen LogP contribution < -0.4 is 5.32 Å². The Kier molecular flexibility index (Phi) is 5.47. The number of hydrogen-bond donors (Lipinski definition) is 1. The normalized spacial score (nSPS) is 12.6. The fraction of sp³-hybridized carbons (Fsp3) is 0.333. The number of hydrogen-bond acceptors (Lipinski definition) is 5. The number of aryl methyl sites for hydroxylation is 2. The smallest absolute Gasteiger partial charge is 0.310 e. The van der Waals surface area contributed by atoms with Gasteiger partial charge in [0.2, 0.25) is 0 Å². The van der Waals surface area contributed by atoms with Crippen molar-refractivity contribution in [3.8, 4) is 0 Å². The summed E-state index contributed by atoms with van der Waals surface area (Å²) in [6, 6.07) is 10.4. The molecule has 0 spiro atoms. The molecule has 2 rings (SSSR count). The number of nitro groups is 1. The van der Waals surface area contributed by atoms with E-state index in [1.807, 2.05) is 32.9 Å². The average molecular weight is 362 g/mol. The number of benzene rings is 2. The maximum atomic E-state index is 11.8. The van der Waals surface area contributed by atoms with E-state index in [1.54, 1.807) is 0 Å². The highest BCUT2D eigenvalue weighted by molar-refractivity contribution is 7.90. The van der Waals surface area contributed by atoms with Crippen LogP contribution in [-0.2, 0) is 16.3 Å². The maximum absolute atomic E-state index is 11.8. The molecule has 2 aromatic rings. The molecule has 0 aliphatic carbocycles. The molecule has 1 atom stereocenters. The van der Waals surface area contributed by atoms with Crippen LogP contribution in [0.3, 0.4) is 0 Å². The minimum Gasteiger partial charge on any atom is -0.377 e. The van der Waals surface area contributed by atoms with Crippen molar-refractivity contribution in [2.75, 3.05) is 11.6 Å². The Hall–Kier alpha value is -2.41. The van der Waals surface area contributed by atoms with Gasteiger partial charge in [-0.1, -0.05) is 29.8 Å². The van der Waals surface area contributed by atoms with Crippen molar-refractivity contribution in [3.63, 3.8) is 0 Å². The average Bonchev–Trinajstić information content (AvgIpc) is 2.48. The second kappa shape index (κ2) is 7.23. The highest BCUT2D eigenvalue weighted by Crippen LogP contribution is 2.32. The lowest BCUT2D eigenvalue weighted by Crippen LogP contribution is -2.20. The summed E-state index contributed by atoms with van der Waals surface area (Å²) in [4.78, 5) is 10.5. The summed E-state index contributed by atoms with van der Waals surface area (Å²) in [6.45, 7) is 5.97. The van der Waals surface area contributed by atoms with Crippen molar-refractivity contribution in [1.82, 2.24) is 0 Å². The van der Waals surface area contributed by atoms with Gasteiger partial charge in [0.05, 0.1) is 4.92 Å². The van der Waals surface area contributed by atoms with Gasteiger partial charge in [-0.15, -0.1) is 0 Å². The van der Waals surface area contributed by atoms with Crippen LogP contribution in [-0.4, -0.2) is 25.6 Å². The zero-order valence-corrected chi connectivity index (χ0v) is 15.6. The van der Waals surface area contributed by atoms with Gasteiger partial charge >= 0.3 is 5.69 Å². The predicted molar refractivity (Wildman–Crippen MR) is 98.9 cm³/mol. The fourth-order valence-corrected chi connectivity index (χ4v) is 3.71. The second-order valence-electron chi connectivity index (χ2n) is 6.36. The molecule has 1 N–H and O–H groups in total. The van der Waals surface area contributed by atoms with Crippen molar-refractivity contribution in [3.05, 3.63) is 63.2 Å². The molecular weight excluding hydrogens is 340 g/mol. The molecule has 0 bridgehead atoms. The van der Waals surface area contributed by atoms with Crippen LogP contribution in [0.5, 0.6) is 0 Å². The number of para-hydroxylation sites is 1. The van der Waals surface area contributed by atoms with Crippen LogP contribution in [0, 0.1) is 24.0 Å². The zero-order chi connectivity index (χ0) is 18.8. The quantitative estimate of drug-likeness (QED) is 0.626. The molecule has 0 saturated carbocycles. The molecular formula is C18H22N2O4S. The summed E-state index contributed by atoms with van der Waals surface area (Å²) in [7, 11) is -3.69. The Morgan fingerprint density at radius 1 is 1.20 bits per heavy atom. The van der Waals surface area contributed by atoms with Crippen molar-refractivity contribution >= 4 is 21.2 Å². The molecule has 7 heteroatoms. The molecule has 134 valence electrons. The molecule has 0 aliphatic heterocycles. The lowest BCUT2D eigenvalue weighted by Gasteiger charge is -2.17. The molecule has 0 aromatic heterocycles. The Labute approximate surface area is 148 Å². The van der Waals surface area contributed by atoms with Crippen LogP contribution in [0.25, 0.3) is 0 Å². The topological polar surface area (TPSA) is 89.3 Å². The standard InChI is InChI=1S/C18H22N2O4S/c1-12-8-9-15(13(2)10-12)11-14(3)19-16-6-5-7-17(25(4,23)24)18(16)20(21)22/h5-10,14,19H,11H2,1-4H3. The molecule has 6 nitrogen and oxygen atoms in total. The van der Waals surface area contributed by atoms with E-state index in [0.717, 1.165) is 17.4 Å². The van der Waals surface area contributed by atoms with Crippen LogP contribution in [0.4, 0.5) is 11.4 Å². The first-order valence-corrected chi connectivity index (χ1v) is 9.79. The summed E-state index contributed by atoms with van der Waals surface area (Å²) in [5, 5.41) is 14.5. The molecule has 25 heavy (non-hydrogen) atoms. The van der Waals surface area contributed by atoms with E-state index in [-0.39, 0.29) is 16.6 Å². The first kappa shape index (κ1) is 18.9. The van der Waals surface area contributed by atoms with E-state index in [2.05, 4.69) is 11.4 Å². The Bertz CT molecular complexity index is 907. The van der Waals surface area contributed by atoms with Gasteiger partial charge in [0.15, 0.2) is 9.84 Å².